The van der Waals surface area contributed by atoms with Crippen molar-refractivity contribution in [2.45, 2.75) is 30.6 Å². The van der Waals surface area contributed by atoms with Gasteiger partial charge in [-0.1, -0.05) is 29.4 Å². The van der Waals surface area contributed by atoms with Gasteiger partial charge in [0, 0.05) is 17.4 Å². The number of thiophene rings is 1. The van der Waals surface area contributed by atoms with Crippen LogP contribution in [0.1, 0.15) is 12.8 Å². The summed E-state index contributed by atoms with van der Waals surface area (Å²) in [6.07, 6.45) is 2.45. The third-order valence-electron chi connectivity index (χ3n) is 4.27. The van der Waals surface area contributed by atoms with Gasteiger partial charge in [0.05, 0.1) is 24.1 Å². The normalized spacial score (nSPS) is 16.7. The first-order valence-corrected chi connectivity index (χ1v) is 11.1. The molecule has 5 nitrogen and oxygen atoms in total. The second kappa shape index (κ2) is 9.10. The fraction of sp³-hybridized carbons (Fsp3) is 0.368. The first-order chi connectivity index (χ1) is 13.3. The van der Waals surface area contributed by atoms with E-state index in [0.29, 0.717) is 11.6 Å². The molecule has 142 valence electrons. The van der Waals surface area contributed by atoms with Gasteiger partial charge in [0.2, 0.25) is 0 Å². The van der Waals surface area contributed by atoms with Crippen molar-refractivity contribution >= 4 is 34.7 Å². The van der Waals surface area contributed by atoms with E-state index in [0.717, 1.165) is 53.4 Å². The van der Waals surface area contributed by atoms with Gasteiger partial charge in [-0.05, 0) is 48.6 Å². The van der Waals surface area contributed by atoms with E-state index in [4.69, 9.17) is 21.1 Å². The van der Waals surface area contributed by atoms with Crippen molar-refractivity contribution < 1.29 is 9.47 Å². The van der Waals surface area contributed by atoms with Crippen molar-refractivity contribution in [2.75, 3.05) is 19.0 Å². The van der Waals surface area contributed by atoms with Gasteiger partial charge in [-0.2, -0.15) is 0 Å². The highest BCUT2D eigenvalue weighted by molar-refractivity contribution is 7.99. The predicted octanol–water partition coefficient (Wildman–Crippen LogP) is 5.01. The minimum Gasteiger partial charge on any atom is -0.493 e. The maximum atomic E-state index is 5.90. The standard InChI is InChI=1S/C19H20ClN3O2S2/c20-14-5-7-15(8-6-14)25-10-12-27-19-22-21-18(17-4-2-11-26-17)23(19)13-16-3-1-9-24-16/h2,4-8,11,16H,1,3,9-10,12-13H2. The van der Waals surface area contributed by atoms with Crippen LogP contribution in [0.15, 0.2) is 46.9 Å². The average molecular weight is 422 g/mol. The molecule has 3 aromatic rings. The molecule has 0 N–H and O–H groups in total. The van der Waals surface area contributed by atoms with E-state index in [2.05, 4.69) is 26.2 Å². The second-order valence-corrected chi connectivity index (χ2v) is 8.63. The Labute approximate surface area is 171 Å². The molecular formula is C19H20ClN3O2S2. The summed E-state index contributed by atoms with van der Waals surface area (Å²) in [7, 11) is 0. The Morgan fingerprint density at radius 3 is 2.89 bits per heavy atom. The lowest BCUT2D eigenvalue weighted by molar-refractivity contribution is 0.0953. The SMILES string of the molecule is Clc1ccc(OCCSc2nnc(-c3cccs3)n2CC2CCCO2)cc1. The lowest BCUT2D eigenvalue weighted by Gasteiger charge is -2.14. The topological polar surface area (TPSA) is 49.2 Å². The Morgan fingerprint density at radius 1 is 1.26 bits per heavy atom. The second-order valence-electron chi connectivity index (χ2n) is 6.18. The highest BCUT2D eigenvalue weighted by atomic mass is 35.5. The lowest BCUT2D eigenvalue weighted by atomic mass is 10.2. The first-order valence-electron chi connectivity index (χ1n) is 8.89. The Balaban J connectivity index is 1.41. The minimum absolute atomic E-state index is 0.240. The van der Waals surface area contributed by atoms with Gasteiger partial charge < -0.3 is 9.47 Å². The Morgan fingerprint density at radius 2 is 2.15 bits per heavy atom. The zero-order valence-electron chi connectivity index (χ0n) is 14.7. The molecule has 8 heteroatoms. The van der Waals surface area contributed by atoms with E-state index in [1.54, 1.807) is 23.1 Å². The van der Waals surface area contributed by atoms with Gasteiger partial charge in [-0.15, -0.1) is 21.5 Å². The van der Waals surface area contributed by atoms with Gasteiger partial charge >= 0.3 is 0 Å². The third-order valence-corrected chi connectivity index (χ3v) is 6.31. The molecule has 1 atom stereocenters. The number of benzene rings is 1. The van der Waals surface area contributed by atoms with Crippen molar-refractivity contribution in [3.05, 3.63) is 46.8 Å². The van der Waals surface area contributed by atoms with Crippen LogP contribution in [0.5, 0.6) is 5.75 Å². The third kappa shape index (κ3) is 4.85. The number of rotatable bonds is 8. The molecule has 1 fully saturated rings. The summed E-state index contributed by atoms with van der Waals surface area (Å²) in [4.78, 5) is 1.13. The molecule has 1 aromatic carbocycles. The Hall–Kier alpha value is -1.54. The molecule has 0 radical (unpaired) electrons. The fourth-order valence-electron chi connectivity index (χ4n) is 2.96. The zero-order valence-corrected chi connectivity index (χ0v) is 17.1. The molecule has 0 aliphatic carbocycles. The number of aromatic nitrogens is 3. The Bertz CT molecular complexity index is 846. The minimum atomic E-state index is 0.240. The monoisotopic (exact) mass is 421 g/mol. The number of halogens is 1. The summed E-state index contributed by atoms with van der Waals surface area (Å²) >= 11 is 9.24. The molecule has 1 unspecified atom stereocenters. The summed E-state index contributed by atoms with van der Waals surface area (Å²) in [5, 5.41) is 12.5. The molecule has 0 bridgehead atoms. The van der Waals surface area contributed by atoms with Crippen LogP contribution in [0.2, 0.25) is 5.02 Å². The molecule has 1 aliphatic rings. The molecule has 0 amide bonds. The van der Waals surface area contributed by atoms with E-state index in [9.17, 15) is 0 Å². The molecule has 1 aliphatic heterocycles. The van der Waals surface area contributed by atoms with Crippen LogP contribution < -0.4 is 4.74 Å². The quantitative estimate of drug-likeness (QED) is 0.378. The summed E-state index contributed by atoms with van der Waals surface area (Å²) in [5.41, 5.74) is 0. The maximum Gasteiger partial charge on any atom is 0.191 e. The van der Waals surface area contributed by atoms with Crippen LogP contribution >= 0.6 is 34.7 Å². The van der Waals surface area contributed by atoms with E-state index < -0.39 is 0 Å². The van der Waals surface area contributed by atoms with Crippen LogP contribution in [0.4, 0.5) is 0 Å². The summed E-state index contributed by atoms with van der Waals surface area (Å²) in [6, 6.07) is 11.5. The molecule has 27 heavy (non-hydrogen) atoms. The molecule has 1 saturated heterocycles. The van der Waals surface area contributed by atoms with Crippen molar-refractivity contribution in [1.82, 2.24) is 14.8 Å². The first kappa shape index (κ1) is 18.8. The predicted molar refractivity (Wildman–Crippen MR) is 110 cm³/mol. The summed E-state index contributed by atoms with van der Waals surface area (Å²) in [5.74, 6) is 2.53. The van der Waals surface area contributed by atoms with Gasteiger partial charge in [-0.3, -0.25) is 4.57 Å². The van der Waals surface area contributed by atoms with Crippen LogP contribution in [-0.2, 0) is 11.3 Å². The number of hydrogen-bond acceptors (Lipinski definition) is 6. The molecule has 3 heterocycles. The van der Waals surface area contributed by atoms with Crippen molar-refractivity contribution in [2.24, 2.45) is 0 Å². The molecule has 4 rings (SSSR count). The van der Waals surface area contributed by atoms with Crippen molar-refractivity contribution in [3.63, 3.8) is 0 Å². The van der Waals surface area contributed by atoms with Gasteiger partial charge in [0.15, 0.2) is 11.0 Å². The summed E-state index contributed by atoms with van der Waals surface area (Å²) < 4.78 is 13.8. The number of thioether (sulfide) groups is 1. The highest BCUT2D eigenvalue weighted by Crippen LogP contribution is 2.29. The van der Waals surface area contributed by atoms with Crippen molar-refractivity contribution in [1.29, 1.82) is 0 Å². The zero-order chi connectivity index (χ0) is 18.5. The number of ether oxygens (including phenoxy) is 2. The van der Waals surface area contributed by atoms with E-state index >= 15 is 0 Å². The van der Waals surface area contributed by atoms with Crippen LogP contribution in [0, 0.1) is 0 Å². The van der Waals surface area contributed by atoms with Gasteiger partial charge in [-0.25, -0.2) is 0 Å². The van der Waals surface area contributed by atoms with E-state index in [1.165, 1.54) is 0 Å². The average Bonchev–Trinajstić information content (AvgIpc) is 3.43. The van der Waals surface area contributed by atoms with E-state index in [-0.39, 0.29) is 6.10 Å². The smallest absolute Gasteiger partial charge is 0.191 e. The number of hydrogen-bond donors (Lipinski definition) is 0. The fourth-order valence-corrected chi connectivity index (χ4v) is 4.57. The molecular weight excluding hydrogens is 402 g/mol. The Kier molecular flexibility index (Phi) is 6.34. The largest absolute Gasteiger partial charge is 0.493 e. The maximum absolute atomic E-state index is 5.90. The van der Waals surface area contributed by atoms with Crippen LogP contribution in [-0.4, -0.2) is 39.8 Å². The summed E-state index contributed by atoms with van der Waals surface area (Å²) in [6.45, 7) is 2.23. The number of nitrogens with zero attached hydrogens (tertiary/aromatic N) is 3. The molecule has 0 saturated carbocycles. The highest BCUT2D eigenvalue weighted by Gasteiger charge is 2.22. The molecule has 0 spiro atoms. The van der Waals surface area contributed by atoms with Crippen LogP contribution in [0.25, 0.3) is 10.7 Å². The van der Waals surface area contributed by atoms with Crippen molar-refractivity contribution in [3.8, 4) is 16.5 Å². The van der Waals surface area contributed by atoms with E-state index in [1.807, 2.05) is 30.3 Å². The van der Waals surface area contributed by atoms with Gasteiger partial charge in [0.25, 0.3) is 0 Å². The molecule has 2 aromatic heterocycles. The lowest BCUT2D eigenvalue weighted by Crippen LogP contribution is -2.16. The van der Waals surface area contributed by atoms with Gasteiger partial charge in [0.1, 0.15) is 5.75 Å². The van der Waals surface area contributed by atoms with Crippen LogP contribution in [0.3, 0.4) is 0 Å².